The van der Waals surface area contributed by atoms with Gasteiger partial charge in [0.25, 0.3) is 0 Å². The van der Waals surface area contributed by atoms with Crippen molar-refractivity contribution in [2.45, 2.75) is 0 Å². The molecule has 0 aliphatic carbocycles. The number of hydrogen-bond acceptors (Lipinski definition) is 3. The zero-order chi connectivity index (χ0) is 6.41. The molecule has 4 N–H and O–H groups in total. The van der Waals surface area contributed by atoms with Gasteiger partial charge < -0.3 is 11.6 Å². The molecule has 0 rings (SSSR count). The van der Waals surface area contributed by atoms with Gasteiger partial charge in [-0.1, -0.05) is 17.8 Å². The van der Waals surface area contributed by atoms with Crippen LogP contribution < -0.4 is 11.6 Å². The standard InChI is InChI=1S/C4H9N3S/c1-2-3-8-4(5)7-6/h2H,1,3,6H2,(H2,5,7). The lowest BCUT2D eigenvalue weighted by molar-refractivity contribution is 1.25. The number of thioether (sulfide) groups is 1. The van der Waals surface area contributed by atoms with Crippen LogP contribution in [0.5, 0.6) is 0 Å². The summed E-state index contributed by atoms with van der Waals surface area (Å²) in [5.41, 5.74) is 5.20. The van der Waals surface area contributed by atoms with Gasteiger partial charge in [0.15, 0.2) is 5.17 Å². The molecule has 0 spiro atoms. The molecule has 0 amide bonds. The Morgan fingerprint density at radius 1 is 1.88 bits per heavy atom. The molecule has 0 aliphatic rings. The van der Waals surface area contributed by atoms with E-state index >= 15 is 0 Å². The van der Waals surface area contributed by atoms with Crippen molar-refractivity contribution in [3.63, 3.8) is 0 Å². The molecule has 0 fully saturated rings. The minimum atomic E-state index is 0.393. The third-order valence-electron chi connectivity index (χ3n) is 0.476. The smallest absolute Gasteiger partial charge is 0.177 e. The Balaban J connectivity index is 3.24. The Morgan fingerprint density at radius 3 is 2.88 bits per heavy atom. The lowest BCUT2D eigenvalue weighted by Crippen LogP contribution is -2.09. The van der Waals surface area contributed by atoms with E-state index in [-0.39, 0.29) is 0 Å². The van der Waals surface area contributed by atoms with Crippen molar-refractivity contribution in [3.8, 4) is 0 Å². The summed E-state index contributed by atoms with van der Waals surface area (Å²) in [5.74, 6) is 5.58. The van der Waals surface area contributed by atoms with Gasteiger partial charge in [-0.25, -0.2) is 0 Å². The fourth-order valence-electron chi connectivity index (χ4n) is 0.182. The van der Waals surface area contributed by atoms with E-state index in [4.69, 9.17) is 11.6 Å². The van der Waals surface area contributed by atoms with Gasteiger partial charge in [0.05, 0.1) is 0 Å². The quantitative estimate of drug-likeness (QED) is 0.183. The lowest BCUT2D eigenvalue weighted by Gasteiger charge is -1.90. The van der Waals surface area contributed by atoms with Gasteiger partial charge >= 0.3 is 0 Å². The lowest BCUT2D eigenvalue weighted by atomic mass is 10.8. The largest absolute Gasteiger partial charge is 0.377 e. The normalized spacial score (nSPS) is 11.2. The van der Waals surface area contributed by atoms with Crippen molar-refractivity contribution in [3.05, 3.63) is 12.7 Å². The first-order valence-corrected chi connectivity index (χ1v) is 3.07. The molecule has 0 radical (unpaired) electrons. The molecule has 0 saturated carbocycles. The third-order valence-corrected chi connectivity index (χ3v) is 1.28. The fourth-order valence-corrected chi connectivity index (χ4v) is 0.545. The van der Waals surface area contributed by atoms with Crippen LogP contribution in [0.1, 0.15) is 0 Å². The summed E-state index contributed by atoms with van der Waals surface area (Å²) in [7, 11) is 0. The molecule has 0 saturated heterocycles. The molecule has 0 unspecified atom stereocenters. The maximum absolute atomic E-state index is 5.20. The van der Waals surface area contributed by atoms with Crippen LogP contribution in [0.4, 0.5) is 0 Å². The van der Waals surface area contributed by atoms with E-state index in [9.17, 15) is 0 Å². The Kier molecular flexibility index (Phi) is 4.16. The number of nitrogens with zero attached hydrogens (tertiary/aromatic N) is 1. The first kappa shape index (κ1) is 7.36. The maximum Gasteiger partial charge on any atom is 0.177 e. The molecular formula is C4H9N3S. The number of nitrogens with two attached hydrogens (primary N) is 2. The number of amidine groups is 1. The third kappa shape index (κ3) is 3.55. The van der Waals surface area contributed by atoms with Crippen LogP contribution in [0.15, 0.2) is 17.8 Å². The Morgan fingerprint density at radius 2 is 2.50 bits per heavy atom. The van der Waals surface area contributed by atoms with E-state index in [1.165, 1.54) is 11.8 Å². The molecule has 3 nitrogen and oxygen atoms in total. The van der Waals surface area contributed by atoms with E-state index in [1.807, 2.05) is 0 Å². The summed E-state index contributed by atoms with van der Waals surface area (Å²) in [6, 6.07) is 0. The van der Waals surface area contributed by atoms with E-state index in [0.29, 0.717) is 5.17 Å². The van der Waals surface area contributed by atoms with Crippen LogP contribution in [-0.4, -0.2) is 10.9 Å². The van der Waals surface area contributed by atoms with E-state index in [0.717, 1.165) is 5.75 Å². The predicted molar refractivity (Wildman–Crippen MR) is 38.5 cm³/mol. The summed E-state index contributed by atoms with van der Waals surface area (Å²) in [5, 5.41) is 3.63. The summed E-state index contributed by atoms with van der Waals surface area (Å²) in [6.45, 7) is 3.49. The summed E-state index contributed by atoms with van der Waals surface area (Å²) >= 11 is 1.36. The van der Waals surface area contributed by atoms with Gasteiger partial charge in [-0.15, -0.1) is 6.58 Å². The first-order chi connectivity index (χ1) is 3.81. The van der Waals surface area contributed by atoms with Crippen LogP contribution in [-0.2, 0) is 0 Å². The molecule has 0 aromatic rings. The summed E-state index contributed by atoms with van der Waals surface area (Å²) in [4.78, 5) is 0. The number of hydrazone groups is 1. The van der Waals surface area contributed by atoms with Gasteiger partial charge in [-0.05, 0) is 0 Å². The molecule has 0 aromatic heterocycles. The van der Waals surface area contributed by atoms with Crippen LogP contribution in [0.2, 0.25) is 0 Å². The zero-order valence-electron chi connectivity index (χ0n) is 4.50. The van der Waals surface area contributed by atoms with Gasteiger partial charge in [-0.2, -0.15) is 5.10 Å². The van der Waals surface area contributed by atoms with Crippen molar-refractivity contribution in [2.24, 2.45) is 16.7 Å². The van der Waals surface area contributed by atoms with Crippen LogP contribution in [0, 0.1) is 0 Å². The molecule has 0 aliphatic heterocycles. The highest BCUT2D eigenvalue weighted by molar-refractivity contribution is 8.13. The number of hydrogen-bond donors (Lipinski definition) is 2. The molecule has 0 bridgehead atoms. The highest BCUT2D eigenvalue weighted by Crippen LogP contribution is 1.96. The second-order valence-corrected chi connectivity index (χ2v) is 2.11. The Hall–Kier alpha value is -0.640. The fraction of sp³-hybridized carbons (Fsp3) is 0.250. The molecule has 0 heterocycles. The van der Waals surface area contributed by atoms with Gasteiger partial charge in [0.2, 0.25) is 0 Å². The topological polar surface area (TPSA) is 64.4 Å². The minimum Gasteiger partial charge on any atom is -0.377 e. The van der Waals surface area contributed by atoms with E-state index < -0.39 is 0 Å². The van der Waals surface area contributed by atoms with Crippen molar-refractivity contribution in [2.75, 3.05) is 5.75 Å². The molecule has 8 heavy (non-hydrogen) atoms. The van der Waals surface area contributed by atoms with Crippen LogP contribution in [0.3, 0.4) is 0 Å². The molecule has 46 valence electrons. The van der Waals surface area contributed by atoms with Crippen molar-refractivity contribution >= 4 is 16.9 Å². The average Bonchev–Trinajstić information content (AvgIpc) is 1.83. The van der Waals surface area contributed by atoms with Crippen molar-refractivity contribution < 1.29 is 0 Å². The second-order valence-electron chi connectivity index (χ2n) is 1.07. The second kappa shape index (κ2) is 4.52. The zero-order valence-corrected chi connectivity index (χ0v) is 5.32. The highest BCUT2D eigenvalue weighted by atomic mass is 32.2. The minimum absolute atomic E-state index is 0.393. The summed E-state index contributed by atoms with van der Waals surface area (Å²) in [6.07, 6.45) is 1.74. The highest BCUT2D eigenvalue weighted by Gasteiger charge is 1.85. The predicted octanol–water partition coefficient (Wildman–Crippen LogP) is 0.0940. The molecule has 4 heteroatoms. The monoisotopic (exact) mass is 131 g/mol. The van der Waals surface area contributed by atoms with Crippen LogP contribution in [0.25, 0.3) is 0 Å². The summed E-state index contributed by atoms with van der Waals surface area (Å²) < 4.78 is 0. The first-order valence-electron chi connectivity index (χ1n) is 2.08. The van der Waals surface area contributed by atoms with E-state index in [1.54, 1.807) is 6.08 Å². The van der Waals surface area contributed by atoms with E-state index in [2.05, 4.69) is 11.7 Å². The van der Waals surface area contributed by atoms with Crippen molar-refractivity contribution in [1.29, 1.82) is 0 Å². The average molecular weight is 131 g/mol. The Labute approximate surface area is 52.8 Å². The molecule has 0 aromatic carbocycles. The van der Waals surface area contributed by atoms with Crippen LogP contribution >= 0.6 is 11.8 Å². The van der Waals surface area contributed by atoms with Crippen molar-refractivity contribution in [1.82, 2.24) is 0 Å². The van der Waals surface area contributed by atoms with Gasteiger partial charge in [-0.3, -0.25) is 0 Å². The SMILES string of the molecule is C=CCS/C(N)=N\N. The van der Waals surface area contributed by atoms with Gasteiger partial charge in [0.1, 0.15) is 0 Å². The van der Waals surface area contributed by atoms with Gasteiger partial charge in [0, 0.05) is 5.75 Å². The maximum atomic E-state index is 5.20. The number of rotatable bonds is 2. The molecule has 0 atom stereocenters. The molecular weight excluding hydrogens is 122 g/mol. The Bertz CT molecular complexity index is 99.5.